The molecule has 1 aliphatic rings. The van der Waals surface area contributed by atoms with E-state index in [2.05, 4.69) is 36.9 Å². The van der Waals surface area contributed by atoms with E-state index in [0.29, 0.717) is 0 Å². The number of carboxylic acids is 1. The Morgan fingerprint density at radius 2 is 2.18 bits per heavy atom. The highest BCUT2D eigenvalue weighted by atomic mass is 16.4. The number of rotatable bonds is 3. The topological polar surface area (TPSA) is 40.5 Å². The molecule has 1 saturated heterocycles. The van der Waals surface area contributed by atoms with Crippen LogP contribution in [-0.4, -0.2) is 28.6 Å². The van der Waals surface area contributed by atoms with Crippen LogP contribution < -0.4 is 0 Å². The molecule has 3 heteroatoms. The lowest BCUT2D eigenvalue weighted by Crippen LogP contribution is -2.35. The Bertz CT molecular complexity index is 428. The van der Waals surface area contributed by atoms with Crippen LogP contribution in [0.4, 0.5) is 0 Å². The summed E-state index contributed by atoms with van der Waals surface area (Å²) in [6, 6.07) is 6.07. The van der Waals surface area contributed by atoms with Crippen LogP contribution >= 0.6 is 0 Å². The quantitative estimate of drug-likeness (QED) is 0.871. The summed E-state index contributed by atoms with van der Waals surface area (Å²) in [7, 11) is 0. The van der Waals surface area contributed by atoms with Gasteiger partial charge in [0.05, 0.1) is 0 Å². The van der Waals surface area contributed by atoms with E-state index in [1.165, 1.54) is 16.7 Å². The first kappa shape index (κ1) is 12.1. The third-order valence-corrected chi connectivity index (χ3v) is 3.61. The first-order valence-corrected chi connectivity index (χ1v) is 6.11. The Balaban J connectivity index is 2.09. The van der Waals surface area contributed by atoms with Crippen molar-refractivity contribution in [2.45, 2.75) is 39.3 Å². The van der Waals surface area contributed by atoms with E-state index in [1.807, 2.05) is 0 Å². The molecule has 1 atom stereocenters. The molecule has 3 nitrogen and oxygen atoms in total. The summed E-state index contributed by atoms with van der Waals surface area (Å²) < 4.78 is 0. The average molecular weight is 233 g/mol. The minimum absolute atomic E-state index is 0.295. The van der Waals surface area contributed by atoms with Gasteiger partial charge in [0, 0.05) is 6.54 Å². The first-order chi connectivity index (χ1) is 8.08. The van der Waals surface area contributed by atoms with Gasteiger partial charge in [-0.15, -0.1) is 0 Å². The number of carboxylic acid groups (broad SMARTS) is 1. The molecule has 0 saturated carbocycles. The summed E-state index contributed by atoms with van der Waals surface area (Å²) >= 11 is 0. The van der Waals surface area contributed by atoms with Crippen LogP contribution in [-0.2, 0) is 11.3 Å². The fourth-order valence-corrected chi connectivity index (χ4v) is 2.43. The number of hydrogen-bond acceptors (Lipinski definition) is 2. The second-order valence-electron chi connectivity index (χ2n) is 4.89. The third kappa shape index (κ3) is 2.67. The molecule has 0 aliphatic carbocycles. The van der Waals surface area contributed by atoms with Crippen LogP contribution in [0.2, 0.25) is 0 Å². The lowest BCUT2D eigenvalue weighted by atomic mass is 10.1. The van der Waals surface area contributed by atoms with Gasteiger partial charge in [0.1, 0.15) is 6.04 Å². The van der Waals surface area contributed by atoms with Gasteiger partial charge in [-0.1, -0.05) is 18.2 Å². The van der Waals surface area contributed by atoms with Crippen molar-refractivity contribution in [2.24, 2.45) is 0 Å². The zero-order valence-corrected chi connectivity index (χ0v) is 10.4. The molecule has 0 bridgehead atoms. The SMILES string of the molecule is Cc1ccc(CN2CCC[C@H]2C(=O)O)cc1C. The second-order valence-corrected chi connectivity index (χ2v) is 4.89. The first-order valence-electron chi connectivity index (χ1n) is 6.11. The largest absolute Gasteiger partial charge is 0.480 e. The van der Waals surface area contributed by atoms with Crippen molar-refractivity contribution < 1.29 is 9.90 Å². The monoisotopic (exact) mass is 233 g/mol. The van der Waals surface area contributed by atoms with E-state index in [1.54, 1.807) is 0 Å². The lowest BCUT2D eigenvalue weighted by molar-refractivity contribution is -0.142. The van der Waals surface area contributed by atoms with Gasteiger partial charge in [0.2, 0.25) is 0 Å². The summed E-state index contributed by atoms with van der Waals surface area (Å²) in [5, 5.41) is 9.12. The van der Waals surface area contributed by atoms with Crippen LogP contribution in [0.25, 0.3) is 0 Å². The molecular weight excluding hydrogens is 214 g/mol. The Labute approximate surface area is 102 Å². The standard InChI is InChI=1S/C14H19NO2/c1-10-5-6-12(8-11(10)2)9-15-7-3-4-13(15)14(16)17/h5-6,8,13H,3-4,7,9H2,1-2H3,(H,16,17)/t13-/m0/s1. The third-order valence-electron chi connectivity index (χ3n) is 3.61. The minimum atomic E-state index is -0.689. The molecule has 0 spiro atoms. The van der Waals surface area contributed by atoms with Crippen molar-refractivity contribution in [2.75, 3.05) is 6.54 Å². The van der Waals surface area contributed by atoms with E-state index in [-0.39, 0.29) is 6.04 Å². The number of nitrogens with zero attached hydrogens (tertiary/aromatic N) is 1. The highest BCUT2D eigenvalue weighted by Gasteiger charge is 2.30. The summed E-state index contributed by atoms with van der Waals surface area (Å²) in [5.41, 5.74) is 3.76. The second kappa shape index (κ2) is 4.88. The predicted molar refractivity (Wildman–Crippen MR) is 67.0 cm³/mol. The van der Waals surface area contributed by atoms with Crippen LogP contribution in [0.5, 0.6) is 0 Å². The van der Waals surface area contributed by atoms with Gasteiger partial charge >= 0.3 is 5.97 Å². The van der Waals surface area contributed by atoms with Crippen molar-refractivity contribution >= 4 is 5.97 Å². The van der Waals surface area contributed by atoms with Gasteiger partial charge in [-0.2, -0.15) is 0 Å². The molecule has 0 radical (unpaired) electrons. The summed E-state index contributed by atoms with van der Waals surface area (Å²) in [6.07, 6.45) is 1.77. The molecule has 1 aliphatic heterocycles. The van der Waals surface area contributed by atoms with Crippen molar-refractivity contribution in [1.82, 2.24) is 4.90 Å². The van der Waals surface area contributed by atoms with Crippen LogP contribution in [0.1, 0.15) is 29.5 Å². The molecule has 0 aromatic heterocycles. The van der Waals surface area contributed by atoms with Crippen molar-refractivity contribution in [3.8, 4) is 0 Å². The molecule has 2 rings (SSSR count). The minimum Gasteiger partial charge on any atom is -0.480 e. The van der Waals surface area contributed by atoms with Crippen molar-refractivity contribution in [1.29, 1.82) is 0 Å². The molecule has 1 N–H and O–H groups in total. The number of carbonyl (C=O) groups is 1. The van der Waals surface area contributed by atoms with Gasteiger partial charge < -0.3 is 5.11 Å². The molecule has 1 heterocycles. The Morgan fingerprint density at radius 1 is 1.41 bits per heavy atom. The van der Waals surface area contributed by atoms with Crippen LogP contribution in [0.3, 0.4) is 0 Å². The molecule has 0 unspecified atom stereocenters. The maximum absolute atomic E-state index is 11.1. The molecule has 1 aromatic rings. The summed E-state index contributed by atoms with van der Waals surface area (Å²) in [6.45, 7) is 5.83. The predicted octanol–water partition coefficient (Wildman–Crippen LogP) is 2.35. The molecular formula is C14H19NO2. The van der Waals surface area contributed by atoms with Gasteiger partial charge in [-0.05, 0) is 49.9 Å². The van der Waals surface area contributed by atoms with E-state index in [9.17, 15) is 4.79 Å². The average Bonchev–Trinajstić information content (AvgIpc) is 2.72. The van der Waals surface area contributed by atoms with Gasteiger partial charge in [0.25, 0.3) is 0 Å². The molecule has 0 amide bonds. The lowest BCUT2D eigenvalue weighted by Gasteiger charge is -2.21. The highest BCUT2D eigenvalue weighted by Crippen LogP contribution is 2.21. The van der Waals surface area contributed by atoms with Crippen molar-refractivity contribution in [3.63, 3.8) is 0 Å². The van der Waals surface area contributed by atoms with Crippen LogP contribution in [0, 0.1) is 13.8 Å². The maximum Gasteiger partial charge on any atom is 0.320 e. The Hall–Kier alpha value is -1.35. The van der Waals surface area contributed by atoms with Gasteiger partial charge in [0.15, 0.2) is 0 Å². The van der Waals surface area contributed by atoms with Gasteiger partial charge in [-0.25, -0.2) is 0 Å². The number of hydrogen-bond donors (Lipinski definition) is 1. The zero-order valence-electron chi connectivity index (χ0n) is 10.4. The molecule has 17 heavy (non-hydrogen) atoms. The maximum atomic E-state index is 11.1. The highest BCUT2D eigenvalue weighted by molar-refractivity contribution is 5.73. The number of aliphatic carboxylic acids is 1. The van der Waals surface area contributed by atoms with E-state index < -0.39 is 5.97 Å². The normalized spacial score (nSPS) is 20.7. The molecule has 1 aromatic carbocycles. The number of aryl methyl sites for hydroxylation is 2. The van der Waals surface area contributed by atoms with Crippen molar-refractivity contribution in [3.05, 3.63) is 34.9 Å². The zero-order chi connectivity index (χ0) is 12.4. The molecule has 92 valence electrons. The number of likely N-dealkylation sites (tertiary alicyclic amines) is 1. The smallest absolute Gasteiger partial charge is 0.320 e. The summed E-state index contributed by atoms with van der Waals surface area (Å²) in [4.78, 5) is 13.1. The summed E-state index contributed by atoms with van der Waals surface area (Å²) in [5.74, 6) is -0.689. The number of benzene rings is 1. The van der Waals surface area contributed by atoms with Gasteiger partial charge in [-0.3, -0.25) is 9.69 Å². The Morgan fingerprint density at radius 3 is 2.82 bits per heavy atom. The van der Waals surface area contributed by atoms with E-state index in [4.69, 9.17) is 5.11 Å². The fourth-order valence-electron chi connectivity index (χ4n) is 2.43. The van der Waals surface area contributed by atoms with E-state index in [0.717, 1.165) is 25.9 Å². The van der Waals surface area contributed by atoms with E-state index >= 15 is 0 Å². The van der Waals surface area contributed by atoms with Crippen LogP contribution in [0.15, 0.2) is 18.2 Å². The Kier molecular flexibility index (Phi) is 3.48. The fraction of sp³-hybridized carbons (Fsp3) is 0.500. The molecule has 1 fully saturated rings.